The van der Waals surface area contributed by atoms with Crippen molar-refractivity contribution < 1.29 is 0 Å². The maximum absolute atomic E-state index is 9.71. The van der Waals surface area contributed by atoms with E-state index in [-0.39, 0.29) is 10.8 Å². The predicted octanol–water partition coefficient (Wildman–Crippen LogP) is 9.89. The van der Waals surface area contributed by atoms with Crippen molar-refractivity contribution in [3.05, 3.63) is 178 Å². The van der Waals surface area contributed by atoms with E-state index >= 15 is 0 Å². The summed E-state index contributed by atoms with van der Waals surface area (Å²) in [5, 5.41) is 9.71. The fourth-order valence-corrected chi connectivity index (χ4v) is 7.74. The highest BCUT2D eigenvalue weighted by molar-refractivity contribution is 5.91. The number of nitriles is 1. The van der Waals surface area contributed by atoms with Gasteiger partial charge in [-0.1, -0.05) is 135 Å². The van der Waals surface area contributed by atoms with Crippen LogP contribution in [-0.2, 0) is 10.8 Å². The highest BCUT2D eigenvalue weighted by Gasteiger charge is 2.53. The molecule has 0 N–H and O–H groups in total. The summed E-state index contributed by atoms with van der Waals surface area (Å²) in [6, 6.07) is 52.9. The van der Waals surface area contributed by atoms with Crippen molar-refractivity contribution >= 4 is 0 Å². The molecule has 0 aliphatic heterocycles. The SMILES string of the molecule is CC1(C)c2ccccc2C2(c3ccccc3-c3cc(-c4cccc(-c5ccccc5C#N)c4)ccc32)c2ccccc21. The molecule has 42 heavy (non-hydrogen) atoms. The summed E-state index contributed by atoms with van der Waals surface area (Å²) in [5.74, 6) is 0. The first-order chi connectivity index (χ1) is 20.5. The zero-order valence-electron chi connectivity index (χ0n) is 23.7. The molecule has 0 amide bonds. The number of fused-ring (bicyclic) bond motifs is 9. The minimum Gasteiger partial charge on any atom is -0.192 e. The van der Waals surface area contributed by atoms with Crippen LogP contribution >= 0.6 is 0 Å². The topological polar surface area (TPSA) is 23.8 Å². The zero-order valence-corrected chi connectivity index (χ0v) is 23.7. The second kappa shape index (κ2) is 8.90. The highest BCUT2D eigenvalue weighted by atomic mass is 14.5. The maximum Gasteiger partial charge on any atom is 0.0998 e. The average Bonchev–Trinajstić information content (AvgIpc) is 3.34. The Morgan fingerprint density at radius 2 is 0.952 bits per heavy atom. The molecule has 2 aliphatic carbocycles. The third-order valence-corrected chi connectivity index (χ3v) is 9.61. The molecule has 0 atom stereocenters. The van der Waals surface area contributed by atoms with Gasteiger partial charge in [-0.25, -0.2) is 0 Å². The van der Waals surface area contributed by atoms with E-state index in [4.69, 9.17) is 0 Å². The number of benzene rings is 6. The quantitative estimate of drug-likeness (QED) is 0.216. The first-order valence-electron chi connectivity index (χ1n) is 14.6. The van der Waals surface area contributed by atoms with Gasteiger partial charge in [-0.3, -0.25) is 0 Å². The molecule has 0 saturated carbocycles. The van der Waals surface area contributed by atoms with E-state index in [0.717, 1.165) is 16.7 Å². The minimum absolute atomic E-state index is 0.101. The highest BCUT2D eigenvalue weighted by Crippen LogP contribution is 2.62. The molecule has 0 bridgehead atoms. The van der Waals surface area contributed by atoms with Crippen LogP contribution in [0.4, 0.5) is 0 Å². The molecule has 1 nitrogen and oxygen atoms in total. The van der Waals surface area contributed by atoms with Gasteiger partial charge in [0, 0.05) is 5.41 Å². The van der Waals surface area contributed by atoms with Crippen molar-refractivity contribution in [1.82, 2.24) is 0 Å². The van der Waals surface area contributed by atoms with E-state index in [1.54, 1.807) is 0 Å². The Morgan fingerprint density at radius 1 is 0.429 bits per heavy atom. The average molecular weight is 536 g/mol. The molecule has 1 heteroatoms. The summed E-state index contributed by atoms with van der Waals surface area (Å²) in [7, 11) is 0. The van der Waals surface area contributed by atoms with Gasteiger partial charge in [-0.2, -0.15) is 5.26 Å². The molecule has 0 radical (unpaired) electrons. The summed E-state index contributed by atoms with van der Waals surface area (Å²) in [6.45, 7) is 4.72. The van der Waals surface area contributed by atoms with Gasteiger partial charge < -0.3 is 0 Å². The molecule has 8 rings (SSSR count). The van der Waals surface area contributed by atoms with Crippen LogP contribution in [0.15, 0.2) is 140 Å². The van der Waals surface area contributed by atoms with Crippen LogP contribution in [0, 0.1) is 11.3 Å². The Bertz CT molecular complexity index is 2040. The smallest absolute Gasteiger partial charge is 0.0998 e. The second-order valence-corrected chi connectivity index (χ2v) is 12.0. The number of nitrogens with zero attached hydrogens (tertiary/aromatic N) is 1. The van der Waals surface area contributed by atoms with Gasteiger partial charge in [0.15, 0.2) is 0 Å². The Morgan fingerprint density at radius 3 is 1.64 bits per heavy atom. The molecule has 1 spiro atoms. The molecule has 2 aliphatic rings. The van der Waals surface area contributed by atoms with Crippen LogP contribution in [0.25, 0.3) is 33.4 Å². The van der Waals surface area contributed by atoms with Gasteiger partial charge in [0.05, 0.1) is 17.0 Å². The lowest BCUT2D eigenvalue weighted by Crippen LogP contribution is -2.40. The molecule has 6 aromatic carbocycles. The predicted molar refractivity (Wildman–Crippen MR) is 171 cm³/mol. The molecule has 0 fully saturated rings. The standard InChI is InChI=1S/C41H29N/c1-40(2)36-18-7-9-20-38(36)41(39-21-10-8-19-37(39)40)34-17-6-5-16-32(34)33-25-28(22-23-35(33)41)27-13-11-14-29(24-27)31-15-4-3-12-30(31)26-42/h3-25H,1-2H3. The minimum atomic E-state index is -0.374. The first-order valence-corrected chi connectivity index (χ1v) is 14.6. The Kier molecular flexibility index (Phi) is 5.21. The van der Waals surface area contributed by atoms with E-state index in [1.807, 2.05) is 24.3 Å². The van der Waals surface area contributed by atoms with Crippen LogP contribution < -0.4 is 0 Å². The summed E-state index contributed by atoms with van der Waals surface area (Å²) < 4.78 is 0. The van der Waals surface area contributed by atoms with E-state index in [9.17, 15) is 5.26 Å². The fraction of sp³-hybridized carbons (Fsp3) is 0.0976. The molecular formula is C41H29N. The van der Waals surface area contributed by atoms with Gasteiger partial charge >= 0.3 is 0 Å². The molecule has 0 heterocycles. The zero-order chi connectivity index (χ0) is 28.5. The number of hydrogen-bond acceptors (Lipinski definition) is 1. The Balaban J connectivity index is 1.39. The largest absolute Gasteiger partial charge is 0.192 e. The summed E-state index contributed by atoms with van der Waals surface area (Å²) >= 11 is 0. The molecule has 0 saturated heterocycles. The van der Waals surface area contributed by atoms with Crippen LogP contribution in [0.1, 0.15) is 52.8 Å². The van der Waals surface area contributed by atoms with Gasteiger partial charge in [-0.05, 0) is 85.0 Å². The van der Waals surface area contributed by atoms with Crippen molar-refractivity contribution in [1.29, 1.82) is 5.26 Å². The van der Waals surface area contributed by atoms with Crippen molar-refractivity contribution in [2.75, 3.05) is 0 Å². The van der Waals surface area contributed by atoms with Gasteiger partial charge in [-0.15, -0.1) is 0 Å². The van der Waals surface area contributed by atoms with E-state index < -0.39 is 0 Å². The molecule has 198 valence electrons. The van der Waals surface area contributed by atoms with Crippen molar-refractivity contribution in [2.24, 2.45) is 0 Å². The van der Waals surface area contributed by atoms with E-state index in [0.29, 0.717) is 5.56 Å². The van der Waals surface area contributed by atoms with Crippen LogP contribution in [0.3, 0.4) is 0 Å². The Hall–Kier alpha value is -5.19. The number of hydrogen-bond donors (Lipinski definition) is 0. The maximum atomic E-state index is 9.71. The van der Waals surface area contributed by atoms with Gasteiger partial charge in [0.2, 0.25) is 0 Å². The number of rotatable bonds is 2. The lowest BCUT2D eigenvalue weighted by molar-refractivity contribution is 0.563. The first kappa shape index (κ1) is 24.6. The monoisotopic (exact) mass is 535 g/mol. The van der Waals surface area contributed by atoms with Crippen molar-refractivity contribution in [2.45, 2.75) is 24.7 Å². The van der Waals surface area contributed by atoms with Gasteiger partial charge in [0.1, 0.15) is 0 Å². The van der Waals surface area contributed by atoms with Gasteiger partial charge in [0.25, 0.3) is 0 Å². The lowest BCUT2D eigenvalue weighted by Gasteiger charge is -2.46. The summed E-state index contributed by atoms with van der Waals surface area (Å²) in [6.07, 6.45) is 0. The lowest BCUT2D eigenvalue weighted by atomic mass is 9.55. The third-order valence-electron chi connectivity index (χ3n) is 9.61. The van der Waals surface area contributed by atoms with Crippen LogP contribution in [0.5, 0.6) is 0 Å². The fourth-order valence-electron chi connectivity index (χ4n) is 7.74. The summed E-state index contributed by atoms with van der Waals surface area (Å²) in [5.41, 5.74) is 15.4. The van der Waals surface area contributed by atoms with Crippen molar-refractivity contribution in [3.8, 4) is 39.4 Å². The normalized spacial score (nSPS) is 14.8. The third kappa shape index (κ3) is 3.18. The van der Waals surface area contributed by atoms with Crippen LogP contribution in [-0.4, -0.2) is 0 Å². The summed E-state index contributed by atoms with van der Waals surface area (Å²) in [4.78, 5) is 0. The van der Waals surface area contributed by atoms with E-state index in [1.165, 1.54) is 50.1 Å². The van der Waals surface area contributed by atoms with Crippen molar-refractivity contribution in [3.63, 3.8) is 0 Å². The molecular weight excluding hydrogens is 506 g/mol. The molecule has 0 aromatic heterocycles. The Labute approximate surface area is 247 Å². The molecule has 0 unspecified atom stereocenters. The van der Waals surface area contributed by atoms with E-state index in [2.05, 4.69) is 135 Å². The second-order valence-electron chi connectivity index (χ2n) is 12.0. The van der Waals surface area contributed by atoms with Crippen LogP contribution in [0.2, 0.25) is 0 Å². The molecule has 6 aromatic rings.